The van der Waals surface area contributed by atoms with Gasteiger partial charge in [0.05, 0.1) is 0 Å². The minimum absolute atomic E-state index is 0.284. The van der Waals surface area contributed by atoms with Crippen LogP contribution in [0.3, 0.4) is 0 Å². The van der Waals surface area contributed by atoms with Crippen molar-refractivity contribution in [1.82, 2.24) is 9.78 Å². The molecule has 0 saturated heterocycles. The lowest BCUT2D eigenvalue weighted by Crippen LogP contribution is -2.23. The van der Waals surface area contributed by atoms with Gasteiger partial charge < -0.3 is 5.73 Å². The lowest BCUT2D eigenvalue weighted by molar-refractivity contribution is 0.558. The Balaban J connectivity index is 2.32. The maximum atomic E-state index is 5.74. The molecule has 0 bridgehead atoms. The van der Waals surface area contributed by atoms with Crippen molar-refractivity contribution in [3.63, 3.8) is 0 Å². The van der Waals surface area contributed by atoms with Crippen molar-refractivity contribution < 1.29 is 0 Å². The van der Waals surface area contributed by atoms with Gasteiger partial charge in [-0.3, -0.25) is 4.68 Å². The highest BCUT2D eigenvalue weighted by Crippen LogP contribution is 2.46. The lowest BCUT2D eigenvalue weighted by atomic mass is 10.0. The molecule has 1 aromatic heterocycles. The van der Waals surface area contributed by atoms with E-state index in [1.165, 1.54) is 18.5 Å². The Morgan fingerprint density at radius 2 is 2.42 bits per heavy atom. The minimum atomic E-state index is 0.284. The average Bonchev–Trinajstić information content (AvgIpc) is 2.76. The molecule has 0 spiro atoms. The van der Waals surface area contributed by atoms with Crippen molar-refractivity contribution in [3.05, 3.63) is 18.0 Å². The predicted octanol–water partition coefficient (Wildman–Crippen LogP) is 0.893. The molecule has 1 aliphatic carbocycles. The Morgan fingerprint density at radius 3 is 2.92 bits per heavy atom. The molecule has 2 N–H and O–H groups in total. The zero-order valence-corrected chi connectivity index (χ0v) is 7.45. The summed E-state index contributed by atoms with van der Waals surface area (Å²) in [5.74, 6) is 0. The molecule has 3 heteroatoms. The van der Waals surface area contributed by atoms with Crippen LogP contribution < -0.4 is 5.73 Å². The number of rotatable bonds is 3. The zero-order valence-electron chi connectivity index (χ0n) is 7.45. The van der Waals surface area contributed by atoms with Gasteiger partial charge in [0.25, 0.3) is 0 Å². The van der Waals surface area contributed by atoms with Crippen molar-refractivity contribution >= 4 is 0 Å². The van der Waals surface area contributed by atoms with Crippen LogP contribution in [0.4, 0.5) is 0 Å². The van der Waals surface area contributed by atoms with Crippen LogP contribution in [0.15, 0.2) is 12.3 Å². The molecule has 1 heterocycles. The van der Waals surface area contributed by atoms with Gasteiger partial charge in [0, 0.05) is 30.4 Å². The average molecular weight is 165 g/mol. The minimum Gasteiger partial charge on any atom is -0.330 e. The smallest absolute Gasteiger partial charge is 0.0492 e. The van der Waals surface area contributed by atoms with Crippen LogP contribution in [-0.2, 0) is 12.0 Å². The summed E-state index contributed by atoms with van der Waals surface area (Å²) in [6.07, 6.45) is 4.33. The SMILES string of the molecule is CCn1nccc1C1(CN)CC1. The number of nitrogens with zero attached hydrogens (tertiary/aromatic N) is 2. The van der Waals surface area contributed by atoms with Gasteiger partial charge in [0.15, 0.2) is 0 Å². The van der Waals surface area contributed by atoms with Crippen molar-refractivity contribution in [2.75, 3.05) is 6.54 Å². The van der Waals surface area contributed by atoms with Gasteiger partial charge >= 0.3 is 0 Å². The zero-order chi connectivity index (χ0) is 8.60. The summed E-state index contributed by atoms with van der Waals surface area (Å²) in [6, 6.07) is 2.10. The number of nitrogens with two attached hydrogens (primary N) is 1. The molecule has 1 aliphatic rings. The maximum Gasteiger partial charge on any atom is 0.0492 e. The van der Waals surface area contributed by atoms with Crippen LogP contribution >= 0.6 is 0 Å². The molecule has 1 aromatic rings. The summed E-state index contributed by atoms with van der Waals surface area (Å²) in [4.78, 5) is 0. The van der Waals surface area contributed by atoms with E-state index in [1.54, 1.807) is 0 Å². The second kappa shape index (κ2) is 2.59. The van der Waals surface area contributed by atoms with E-state index < -0.39 is 0 Å². The van der Waals surface area contributed by atoms with Gasteiger partial charge in [-0.25, -0.2) is 0 Å². The summed E-state index contributed by atoms with van der Waals surface area (Å²) in [5, 5.41) is 4.25. The standard InChI is InChI=1S/C9H15N3/c1-2-12-8(3-6-11-12)9(7-10)4-5-9/h3,6H,2,4-5,7,10H2,1H3. The Hall–Kier alpha value is -0.830. The van der Waals surface area contributed by atoms with E-state index in [4.69, 9.17) is 5.73 Å². The van der Waals surface area contributed by atoms with E-state index in [2.05, 4.69) is 22.8 Å². The summed E-state index contributed by atoms with van der Waals surface area (Å²) < 4.78 is 2.06. The Labute approximate surface area is 72.6 Å². The highest BCUT2D eigenvalue weighted by atomic mass is 15.3. The van der Waals surface area contributed by atoms with E-state index in [1.807, 2.05) is 6.20 Å². The van der Waals surface area contributed by atoms with Crippen molar-refractivity contribution in [2.24, 2.45) is 5.73 Å². The highest BCUT2D eigenvalue weighted by molar-refractivity contribution is 5.24. The van der Waals surface area contributed by atoms with Gasteiger partial charge in [0.1, 0.15) is 0 Å². The third-order valence-electron chi connectivity index (χ3n) is 2.80. The molecule has 0 aromatic carbocycles. The van der Waals surface area contributed by atoms with Gasteiger partial charge in [-0.15, -0.1) is 0 Å². The summed E-state index contributed by atoms with van der Waals surface area (Å²) in [7, 11) is 0. The van der Waals surface area contributed by atoms with E-state index in [0.29, 0.717) is 0 Å². The van der Waals surface area contributed by atoms with E-state index in [-0.39, 0.29) is 5.41 Å². The predicted molar refractivity (Wildman–Crippen MR) is 47.9 cm³/mol. The van der Waals surface area contributed by atoms with Gasteiger partial charge in [0.2, 0.25) is 0 Å². The third kappa shape index (κ3) is 0.966. The second-order valence-corrected chi connectivity index (χ2v) is 3.52. The quantitative estimate of drug-likeness (QED) is 0.723. The highest BCUT2D eigenvalue weighted by Gasteiger charge is 2.45. The van der Waals surface area contributed by atoms with Crippen LogP contribution in [0, 0.1) is 0 Å². The van der Waals surface area contributed by atoms with Crippen LogP contribution in [-0.4, -0.2) is 16.3 Å². The van der Waals surface area contributed by atoms with E-state index >= 15 is 0 Å². The first kappa shape index (κ1) is 7.80. The Morgan fingerprint density at radius 1 is 1.67 bits per heavy atom. The summed E-state index contributed by atoms with van der Waals surface area (Å²) >= 11 is 0. The summed E-state index contributed by atoms with van der Waals surface area (Å²) in [5.41, 5.74) is 7.35. The molecule has 12 heavy (non-hydrogen) atoms. The molecule has 3 nitrogen and oxygen atoms in total. The monoisotopic (exact) mass is 165 g/mol. The van der Waals surface area contributed by atoms with Gasteiger partial charge in [-0.05, 0) is 25.8 Å². The molecule has 1 fully saturated rings. The second-order valence-electron chi connectivity index (χ2n) is 3.52. The van der Waals surface area contributed by atoms with Gasteiger partial charge in [-0.1, -0.05) is 0 Å². The normalized spacial score (nSPS) is 19.5. The third-order valence-corrected chi connectivity index (χ3v) is 2.80. The largest absolute Gasteiger partial charge is 0.330 e. The molecular weight excluding hydrogens is 150 g/mol. The van der Waals surface area contributed by atoms with Crippen molar-refractivity contribution in [2.45, 2.75) is 31.7 Å². The molecule has 0 aliphatic heterocycles. The fourth-order valence-corrected chi connectivity index (χ4v) is 1.75. The molecule has 0 unspecified atom stereocenters. The molecular formula is C9H15N3. The first-order valence-electron chi connectivity index (χ1n) is 4.55. The lowest BCUT2D eigenvalue weighted by Gasteiger charge is -2.13. The first-order chi connectivity index (χ1) is 5.82. The van der Waals surface area contributed by atoms with Crippen LogP contribution in [0.1, 0.15) is 25.5 Å². The van der Waals surface area contributed by atoms with Crippen molar-refractivity contribution in [1.29, 1.82) is 0 Å². The molecule has 66 valence electrons. The van der Waals surface area contributed by atoms with E-state index in [0.717, 1.165) is 13.1 Å². The molecule has 2 rings (SSSR count). The number of hydrogen-bond acceptors (Lipinski definition) is 2. The number of hydrogen-bond donors (Lipinski definition) is 1. The van der Waals surface area contributed by atoms with Crippen LogP contribution in [0.2, 0.25) is 0 Å². The van der Waals surface area contributed by atoms with Gasteiger partial charge in [-0.2, -0.15) is 5.10 Å². The molecule has 0 atom stereocenters. The Bertz CT molecular complexity index is 273. The van der Waals surface area contributed by atoms with Crippen LogP contribution in [0.25, 0.3) is 0 Å². The maximum absolute atomic E-state index is 5.74. The van der Waals surface area contributed by atoms with Crippen LogP contribution in [0.5, 0.6) is 0 Å². The number of aromatic nitrogens is 2. The summed E-state index contributed by atoms with van der Waals surface area (Å²) in [6.45, 7) is 3.83. The van der Waals surface area contributed by atoms with Crippen molar-refractivity contribution in [3.8, 4) is 0 Å². The molecule has 0 radical (unpaired) electrons. The fourth-order valence-electron chi connectivity index (χ4n) is 1.75. The topological polar surface area (TPSA) is 43.8 Å². The fraction of sp³-hybridized carbons (Fsp3) is 0.667. The molecule has 1 saturated carbocycles. The first-order valence-corrected chi connectivity index (χ1v) is 4.55. The number of aryl methyl sites for hydroxylation is 1. The van der Waals surface area contributed by atoms with E-state index in [9.17, 15) is 0 Å². The Kier molecular flexibility index (Phi) is 1.68. The molecule has 0 amide bonds.